The average Bonchev–Trinajstić information content (AvgIpc) is 2.74. The van der Waals surface area contributed by atoms with Crippen LogP contribution >= 0.6 is 0 Å². The SMILES string of the molecule is NC(=O)COc1ccc(CN2CCNC(=O)c3ccccc32)cc1. The summed E-state index contributed by atoms with van der Waals surface area (Å²) in [6.45, 7) is 1.89. The van der Waals surface area contributed by atoms with Crippen molar-refractivity contribution in [1.29, 1.82) is 0 Å². The van der Waals surface area contributed by atoms with Gasteiger partial charge in [0.25, 0.3) is 11.8 Å². The maximum absolute atomic E-state index is 12.1. The van der Waals surface area contributed by atoms with Crippen molar-refractivity contribution in [1.82, 2.24) is 5.32 Å². The van der Waals surface area contributed by atoms with Crippen molar-refractivity contribution in [2.24, 2.45) is 5.73 Å². The van der Waals surface area contributed by atoms with E-state index in [1.165, 1.54) is 0 Å². The van der Waals surface area contributed by atoms with E-state index in [1.807, 2.05) is 48.5 Å². The van der Waals surface area contributed by atoms with Crippen LogP contribution in [0.3, 0.4) is 0 Å². The Balaban J connectivity index is 1.74. The second-order valence-electron chi connectivity index (χ2n) is 5.59. The molecule has 0 saturated heterocycles. The van der Waals surface area contributed by atoms with Gasteiger partial charge in [0.15, 0.2) is 6.61 Å². The van der Waals surface area contributed by atoms with Crippen molar-refractivity contribution >= 4 is 17.5 Å². The fourth-order valence-electron chi connectivity index (χ4n) is 2.69. The molecule has 1 heterocycles. The minimum absolute atomic E-state index is 0.0386. The number of anilines is 1. The predicted octanol–water partition coefficient (Wildman–Crippen LogP) is 1.30. The molecule has 1 aliphatic heterocycles. The summed E-state index contributed by atoms with van der Waals surface area (Å²) in [5, 5.41) is 2.91. The highest BCUT2D eigenvalue weighted by atomic mass is 16.5. The zero-order valence-electron chi connectivity index (χ0n) is 13.2. The molecular formula is C18H19N3O3. The molecule has 0 bridgehead atoms. The van der Waals surface area contributed by atoms with E-state index >= 15 is 0 Å². The second kappa shape index (κ2) is 7.04. The summed E-state index contributed by atoms with van der Waals surface area (Å²) in [5.41, 5.74) is 7.77. The van der Waals surface area contributed by atoms with Crippen molar-refractivity contribution in [2.75, 3.05) is 24.6 Å². The number of hydrogen-bond acceptors (Lipinski definition) is 4. The summed E-state index contributed by atoms with van der Waals surface area (Å²) in [6, 6.07) is 15.1. The summed E-state index contributed by atoms with van der Waals surface area (Å²) in [4.78, 5) is 25.0. The number of hydrogen-bond donors (Lipinski definition) is 2. The smallest absolute Gasteiger partial charge is 0.255 e. The average molecular weight is 325 g/mol. The highest BCUT2D eigenvalue weighted by Gasteiger charge is 2.19. The molecule has 0 spiro atoms. The Morgan fingerprint density at radius 3 is 2.67 bits per heavy atom. The number of para-hydroxylation sites is 1. The van der Waals surface area contributed by atoms with E-state index < -0.39 is 5.91 Å². The number of carbonyl (C=O) groups excluding carboxylic acids is 2. The van der Waals surface area contributed by atoms with E-state index in [0.717, 1.165) is 17.8 Å². The van der Waals surface area contributed by atoms with Gasteiger partial charge in [-0.3, -0.25) is 9.59 Å². The number of nitrogens with zero attached hydrogens (tertiary/aromatic N) is 1. The molecule has 6 heteroatoms. The number of nitrogens with one attached hydrogen (secondary N) is 1. The van der Waals surface area contributed by atoms with Crippen LogP contribution in [0.4, 0.5) is 5.69 Å². The summed E-state index contributed by atoms with van der Waals surface area (Å²) >= 11 is 0. The van der Waals surface area contributed by atoms with Gasteiger partial charge in [0, 0.05) is 25.3 Å². The van der Waals surface area contributed by atoms with Crippen LogP contribution in [0.15, 0.2) is 48.5 Å². The molecular weight excluding hydrogens is 306 g/mol. The number of amides is 2. The van der Waals surface area contributed by atoms with Gasteiger partial charge in [0.05, 0.1) is 5.56 Å². The Hall–Kier alpha value is -3.02. The largest absolute Gasteiger partial charge is 0.484 e. The molecule has 0 atom stereocenters. The fourth-order valence-corrected chi connectivity index (χ4v) is 2.69. The number of ether oxygens (including phenoxy) is 1. The lowest BCUT2D eigenvalue weighted by Crippen LogP contribution is -2.29. The number of primary amides is 1. The van der Waals surface area contributed by atoms with Crippen LogP contribution in [0.2, 0.25) is 0 Å². The van der Waals surface area contributed by atoms with E-state index in [1.54, 1.807) is 0 Å². The van der Waals surface area contributed by atoms with Crippen molar-refractivity contribution in [3.05, 3.63) is 59.7 Å². The van der Waals surface area contributed by atoms with Crippen LogP contribution in [0, 0.1) is 0 Å². The third-order valence-corrected chi connectivity index (χ3v) is 3.83. The quantitative estimate of drug-likeness (QED) is 0.868. The number of rotatable bonds is 5. The van der Waals surface area contributed by atoms with Gasteiger partial charge in [-0.15, -0.1) is 0 Å². The lowest BCUT2D eigenvalue weighted by Gasteiger charge is -2.24. The first kappa shape index (κ1) is 15.9. The third kappa shape index (κ3) is 3.65. The number of carbonyl (C=O) groups is 2. The lowest BCUT2D eigenvalue weighted by molar-refractivity contribution is -0.119. The molecule has 0 aromatic heterocycles. The normalized spacial score (nSPS) is 13.7. The molecule has 0 aliphatic carbocycles. The molecule has 24 heavy (non-hydrogen) atoms. The van der Waals surface area contributed by atoms with Gasteiger partial charge in [-0.2, -0.15) is 0 Å². The predicted molar refractivity (Wildman–Crippen MR) is 91.0 cm³/mol. The standard InChI is InChI=1S/C18H19N3O3/c19-17(22)12-24-14-7-5-13(6-8-14)11-21-10-9-20-18(23)15-3-1-2-4-16(15)21/h1-8H,9-12H2,(H2,19,22)(H,20,23). The Labute approximate surface area is 140 Å². The molecule has 124 valence electrons. The highest BCUT2D eigenvalue weighted by molar-refractivity contribution is 6.00. The van der Waals surface area contributed by atoms with Gasteiger partial charge >= 0.3 is 0 Å². The monoisotopic (exact) mass is 325 g/mol. The van der Waals surface area contributed by atoms with Gasteiger partial charge < -0.3 is 20.7 Å². The van der Waals surface area contributed by atoms with Gasteiger partial charge in [-0.05, 0) is 29.8 Å². The first-order chi connectivity index (χ1) is 11.6. The van der Waals surface area contributed by atoms with E-state index in [0.29, 0.717) is 24.4 Å². The molecule has 2 aromatic rings. The molecule has 3 rings (SSSR count). The first-order valence-electron chi connectivity index (χ1n) is 7.76. The second-order valence-corrected chi connectivity index (χ2v) is 5.59. The molecule has 1 aliphatic rings. The van der Waals surface area contributed by atoms with Crippen molar-refractivity contribution in [3.8, 4) is 5.75 Å². The Morgan fingerprint density at radius 2 is 1.92 bits per heavy atom. The molecule has 0 unspecified atom stereocenters. The van der Waals surface area contributed by atoms with Gasteiger partial charge in [0.1, 0.15) is 5.75 Å². The molecule has 2 aromatic carbocycles. The van der Waals surface area contributed by atoms with Crippen molar-refractivity contribution in [3.63, 3.8) is 0 Å². The topological polar surface area (TPSA) is 84.7 Å². The van der Waals surface area contributed by atoms with Gasteiger partial charge in [-0.1, -0.05) is 24.3 Å². The van der Waals surface area contributed by atoms with E-state index in [9.17, 15) is 9.59 Å². The molecule has 0 fully saturated rings. The Bertz CT molecular complexity index is 743. The summed E-state index contributed by atoms with van der Waals surface area (Å²) in [6.07, 6.45) is 0. The van der Waals surface area contributed by atoms with E-state index in [2.05, 4.69) is 10.2 Å². The van der Waals surface area contributed by atoms with Crippen molar-refractivity contribution < 1.29 is 14.3 Å². The number of fused-ring (bicyclic) bond motifs is 1. The molecule has 0 saturated carbocycles. The summed E-state index contributed by atoms with van der Waals surface area (Å²) in [7, 11) is 0. The van der Waals surface area contributed by atoms with Crippen LogP contribution in [-0.2, 0) is 11.3 Å². The zero-order valence-corrected chi connectivity index (χ0v) is 13.2. The number of nitrogens with two attached hydrogens (primary N) is 1. The Kier molecular flexibility index (Phi) is 4.65. The minimum atomic E-state index is -0.502. The fraction of sp³-hybridized carbons (Fsp3) is 0.222. The van der Waals surface area contributed by atoms with E-state index in [-0.39, 0.29) is 12.5 Å². The number of benzene rings is 2. The van der Waals surface area contributed by atoms with Crippen molar-refractivity contribution in [2.45, 2.75) is 6.54 Å². The molecule has 3 N–H and O–H groups in total. The van der Waals surface area contributed by atoms with Crippen LogP contribution < -0.4 is 20.7 Å². The minimum Gasteiger partial charge on any atom is -0.484 e. The van der Waals surface area contributed by atoms with Crippen LogP contribution in [0.1, 0.15) is 15.9 Å². The van der Waals surface area contributed by atoms with Gasteiger partial charge in [-0.25, -0.2) is 0 Å². The molecule has 0 radical (unpaired) electrons. The van der Waals surface area contributed by atoms with Crippen LogP contribution in [0.25, 0.3) is 0 Å². The van der Waals surface area contributed by atoms with Crippen LogP contribution in [-0.4, -0.2) is 31.5 Å². The van der Waals surface area contributed by atoms with Gasteiger partial charge in [0.2, 0.25) is 0 Å². The lowest BCUT2D eigenvalue weighted by atomic mass is 10.1. The molecule has 2 amide bonds. The highest BCUT2D eigenvalue weighted by Crippen LogP contribution is 2.24. The van der Waals surface area contributed by atoms with Crippen LogP contribution in [0.5, 0.6) is 5.75 Å². The summed E-state index contributed by atoms with van der Waals surface area (Å²) in [5.74, 6) is 0.0615. The maximum atomic E-state index is 12.1. The maximum Gasteiger partial charge on any atom is 0.255 e. The Morgan fingerprint density at radius 1 is 1.17 bits per heavy atom. The zero-order chi connectivity index (χ0) is 16.9. The summed E-state index contributed by atoms with van der Waals surface area (Å²) < 4.78 is 5.26. The molecule has 6 nitrogen and oxygen atoms in total. The third-order valence-electron chi connectivity index (χ3n) is 3.83. The van der Waals surface area contributed by atoms with E-state index in [4.69, 9.17) is 10.5 Å². The first-order valence-corrected chi connectivity index (χ1v) is 7.76.